The van der Waals surface area contributed by atoms with Crippen LogP contribution >= 0.6 is 0 Å². The van der Waals surface area contributed by atoms with E-state index in [1.807, 2.05) is 0 Å². The minimum absolute atomic E-state index is 0.115. The van der Waals surface area contributed by atoms with E-state index >= 15 is 0 Å². The molecule has 1 aromatic carbocycles. The van der Waals surface area contributed by atoms with Crippen molar-refractivity contribution in [1.29, 1.82) is 0 Å². The van der Waals surface area contributed by atoms with Gasteiger partial charge in [-0.25, -0.2) is 0 Å². The summed E-state index contributed by atoms with van der Waals surface area (Å²) in [7, 11) is 0. The predicted molar refractivity (Wildman–Crippen MR) is 60.4 cm³/mol. The molecule has 0 fully saturated rings. The van der Waals surface area contributed by atoms with Gasteiger partial charge in [-0.05, 0) is 12.1 Å². The first-order valence-corrected chi connectivity index (χ1v) is 4.77. The Morgan fingerprint density at radius 1 is 1.25 bits per heavy atom. The molecule has 0 heterocycles. The summed E-state index contributed by atoms with van der Waals surface area (Å²) in [5, 5.41) is 2.57. The SMILES string of the molecule is NNc1ccccc1C(=O)NCCC(N)=O. The van der Waals surface area contributed by atoms with Crippen LogP contribution in [0.15, 0.2) is 24.3 Å². The van der Waals surface area contributed by atoms with Gasteiger partial charge in [0.25, 0.3) is 5.91 Å². The van der Waals surface area contributed by atoms with Gasteiger partial charge >= 0.3 is 0 Å². The number of carbonyl (C=O) groups is 2. The van der Waals surface area contributed by atoms with E-state index < -0.39 is 5.91 Å². The van der Waals surface area contributed by atoms with E-state index in [1.54, 1.807) is 24.3 Å². The molecule has 86 valence electrons. The van der Waals surface area contributed by atoms with Gasteiger partial charge in [0.1, 0.15) is 0 Å². The molecule has 0 aliphatic carbocycles. The lowest BCUT2D eigenvalue weighted by molar-refractivity contribution is -0.117. The van der Waals surface area contributed by atoms with Crippen molar-refractivity contribution in [3.05, 3.63) is 29.8 Å². The summed E-state index contributed by atoms with van der Waals surface area (Å²) >= 11 is 0. The molecule has 0 unspecified atom stereocenters. The van der Waals surface area contributed by atoms with E-state index in [9.17, 15) is 9.59 Å². The Morgan fingerprint density at radius 3 is 2.56 bits per heavy atom. The molecule has 6 heteroatoms. The standard InChI is InChI=1S/C10H14N4O2/c11-9(15)5-6-13-10(16)7-3-1-2-4-8(7)14-12/h1-4,14H,5-6,12H2,(H2,11,15)(H,13,16). The van der Waals surface area contributed by atoms with Crippen molar-refractivity contribution in [2.75, 3.05) is 12.0 Å². The molecule has 1 aromatic rings. The maximum Gasteiger partial charge on any atom is 0.253 e. The number of hydrogen-bond donors (Lipinski definition) is 4. The van der Waals surface area contributed by atoms with E-state index in [0.717, 1.165) is 0 Å². The molecule has 6 N–H and O–H groups in total. The Morgan fingerprint density at radius 2 is 1.94 bits per heavy atom. The van der Waals surface area contributed by atoms with Gasteiger partial charge in [-0.2, -0.15) is 0 Å². The second-order valence-corrected chi connectivity index (χ2v) is 3.16. The van der Waals surface area contributed by atoms with Crippen LogP contribution in [-0.4, -0.2) is 18.4 Å². The molecule has 0 aliphatic rings. The van der Waals surface area contributed by atoms with Gasteiger partial charge in [-0.15, -0.1) is 0 Å². The van der Waals surface area contributed by atoms with E-state index in [0.29, 0.717) is 11.3 Å². The van der Waals surface area contributed by atoms with Crippen LogP contribution in [0.25, 0.3) is 0 Å². The van der Waals surface area contributed by atoms with Crippen molar-refractivity contribution in [1.82, 2.24) is 5.32 Å². The number of benzene rings is 1. The van der Waals surface area contributed by atoms with Crippen LogP contribution in [0.1, 0.15) is 16.8 Å². The second kappa shape index (κ2) is 5.72. The Kier molecular flexibility index (Phi) is 4.28. The van der Waals surface area contributed by atoms with Crippen LogP contribution in [0.5, 0.6) is 0 Å². The van der Waals surface area contributed by atoms with Gasteiger partial charge in [-0.3, -0.25) is 15.4 Å². The Labute approximate surface area is 93.0 Å². The lowest BCUT2D eigenvalue weighted by Crippen LogP contribution is -2.28. The number of carbonyl (C=O) groups excluding carboxylic acids is 2. The fourth-order valence-corrected chi connectivity index (χ4v) is 1.20. The molecular weight excluding hydrogens is 208 g/mol. The Hall–Kier alpha value is -2.08. The van der Waals surface area contributed by atoms with Crippen molar-refractivity contribution >= 4 is 17.5 Å². The average Bonchev–Trinajstić information content (AvgIpc) is 2.28. The summed E-state index contributed by atoms with van der Waals surface area (Å²) in [5.74, 6) is 4.51. The fraction of sp³-hybridized carbons (Fsp3) is 0.200. The van der Waals surface area contributed by atoms with Gasteiger partial charge in [0.2, 0.25) is 5.91 Å². The molecule has 0 saturated heterocycles. The number of rotatable bonds is 5. The van der Waals surface area contributed by atoms with Crippen molar-refractivity contribution in [3.8, 4) is 0 Å². The number of amides is 2. The normalized spacial score (nSPS) is 9.56. The van der Waals surface area contributed by atoms with Crippen molar-refractivity contribution in [2.45, 2.75) is 6.42 Å². The Bertz CT molecular complexity index is 392. The number of nitrogen functional groups attached to an aromatic ring is 1. The molecule has 1 rings (SSSR count). The molecule has 0 radical (unpaired) electrons. The fourth-order valence-electron chi connectivity index (χ4n) is 1.20. The average molecular weight is 222 g/mol. The molecule has 0 atom stereocenters. The van der Waals surface area contributed by atoms with Gasteiger partial charge in [0.15, 0.2) is 0 Å². The lowest BCUT2D eigenvalue weighted by Gasteiger charge is -2.08. The maximum absolute atomic E-state index is 11.6. The van der Waals surface area contributed by atoms with Crippen LogP contribution < -0.4 is 22.3 Å². The van der Waals surface area contributed by atoms with E-state index in [1.165, 1.54) is 0 Å². The summed E-state index contributed by atoms with van der Waals surface area (Å²) < 4.78 is 0. The highest BCUT2D eigenvalue weighted by Gasteiger charge is 2.09. The zero-order valence-electron chi connectivity index (χ0n) is 8.69. The predicted octanol–water partition coefficient (Wildman–Crippen LogP) is -0.423. The van der Waals surface area contributed by atoms with E-state index in [-0.39, 0.29) is 18.9 Å². The number of anilines is 1. The van der Waals surface area contributed by atoms with Crippen LogP contribution in [0.3, 0.4) is 0 Å². The van der Waals surface area contributed by atoms with Crippen LogP contribution in [-0.2, 0) is 4.79 Å². The second-order valence-electron chi connectivity index (χ2n) is 3.16. The summed E-state index contributed by atoms with van der Waals surface area (Å²) in [6.45, 7) is 0.215. The third kappa shape index (κ3) is 3.25. The Balaban J connectivity index is 2.62. The number of hydrazine groups is 1. The van der Waals surface area contributed by atoms with Crippen molar-refractivity contribution in [3.63, 3.8) is 0 Å². The number of primary amides is 1. The highest BCUT2D eigenvalue weighted by molar-refractivity contribution is 5.99. The van der Waals surface area contributed by atoms with Crippen LogP contribution in [0.2, 0.25) is 0 Å². The number of nitrogens with one attached hydrogen (secondary N) is 2. The van der Waals surface area contributed by atoms with Gasteiger partial charge in [-0.1, -0.05) is 12.1 Å². The third-order valence-corrected chi connectivity index (χ3v) is 1.98. The summed E-state index contributed by atoms with van der Waals surface area (Å²) in [5.41, 5.74) is 8.33. The first kappa shape index (κ1) is 12.0. The quantitative estimate of drug-likeness (QED) is 0.400. The smallest absolute Gasteiger partial charge is 0.253 e. The molecule has 16 heavy (non-hydrogen) atoms. The highest BCUT2D eigenvalue weighted by atomic mass is 16.2. The minimum atomic E-state index is -0.453. The summed E-state index contributed by atoms with van der Waals surface area (Å²) in [6, 6.07) is 6.80. The van der Waals surface area contributed by atoms with Crippen LogP contribution in [0.4, 0.5) is 5.69 Å². The zero-order valence-corrected chi connectivity index (χ0v) is 8.69. The van der Waals surface area contributed by atoms with Crippen LogP contribution in [0, 0.1) is 0 Å². The molecule has 6 nitrogen and oxygen atoms in total. The topological polar surface area (TPSA) is 110 Å². The summed E-state index contributed by atoms with van der Waals surface area (Å²) in [6.07, 6.45) is 0.115. The molecule has 0 bridgehead atoms. The van der Waals surface area contributed by atoms with Gasteiger partial charge in [0.05, 0.1) is 11.3 Å². The molecule has 2 amide bonds. The lowest BCUT2D eigenvalue weighted by atomic mass is 10.1. The highest BCUT2D eigenvalue weighted by Crippen LogP contribution is 2.12. The van der Waals surface area contributed by atoms with E-state index in [2.05, 4.69) is 10.7 Å². The minimum Gasteiger partial charge on any atom is -0.370 e. The first-order chi connectivity index (χ1) is 7.65. The number of nitrogens with two attached hydrogens (primary N) is 2. The van der Waals surface area contributed by atoms with E-state index in [4.69, 9.17) is 11.6 Å². The third-order valence-electron chi connectivity index (χ3n) is 1.98. The first-order valence-electron chi connectivity index (χ1n) is 4.77. The summed E-state index contributed by atoms with van der Waals surface area (Å²) in [4.78, 5) is 22.1. The van der Waals surface area contributed by atoms with Gasteiger partial charge < -0.3 is 16.5 Å². The number of para-hydroxylation sites is 1. The molecule has 0 aliphatic heterocycles. The molecule has 0 saturated carbocycles. The van der Waals surface area contributed by atoms with Crippen molar-refractivity contribution < 1.29 is 9.59 Å². The van der Waals surface area contributed by atoms with Crippen molar-refractivity contribution in [2.24, 2.45) is 11.6 Å². The molecule has 0 aromatic heterocycles. The van der Waals surface area contributed by atoms with Gasteiger partial charge in [0, 0.05) is 13.0 Å². The zero-order chi connectivity index (χ0) is 12.0. The molecule has 0 spiro atoms. The number of hydrogen-bond acceptors (Lipinski definition) is 4. The monoisotopic (exact) mass is 222 g/mol. The maximum atomic E-state index is 11.6. The molecular formula is C10H14N4O2. The largest absolute Gasteiger partial charge is 0.370 e.